The average molecular weight is 341 g/mol. The van der Waals surface area contributed by atoms with Gasteiger partial charge >= 0.3 is 0 Å². The third kappa shape index (κ3) is 3.35. The van der Waals surface area contributed by atoms with E-state index in [-0.39, 0.29) is 11.8 Å². The molecule has 5 heteroatoms. The Hall–Kier alpha value is -1.72. The van der Waals surface area contributed by atoms with Crippen LogP contribution in [0.15, 0.2) is 24.3 Å². The van der Waals surface area contributed by atoms with E-state index in [1.54, 1.807) is 12.1 Å². The van der Waals surface area contributed by atoms with Crippen LogP contribution in [0.3, 0.4) is 0 Å². The smallest absolute Gasteiger partial charge is 0.261 e. The van der Waals surface area contributed by atoms with Crippen LogP contribution in [-0.2, 0) is 0 Å². The summed E-state index contributed by atoms with van der Waals surface area (Å²) in [6.07, 6.45) is 6.87. The van der Waals surface area contributed by atoms with Gasteiger partial charge in [0.1, 0.15) is 0 Å². The molecule has 0 unspecified atom stereocenters. The van der Waals surface area contributed by atoms with Crippen LogP contribution in [0.2, 0.25) is 0 Å². The molecule has 3 aliphatic rings. The first kappa shape index (κ1) is 16.7. The standard InChI is InChI=1S/C20H27N3O2/c24-19-17-8-4-5-9-18(17)20(25)23(19)15-12-21-10-13-22(14-11-21)16-6-2-1-3-7-16/h4-5,8-9,16H,1-3,6-7,10-15H2. The zero-order valence-electron chi connectivity index (χ0n) is 14.8. The second-order valence-corrected chi connectivity index (χ2v) is 7.48. The Labute approximate surface area is 149 Å². The van der Waals surface area contributed by atoms with Crippen molar-refractivity contribution in [2.45, 2.75) is 38.1 Å². The van der Waals surface area contributed by atoms with Gasteiger partial charge in [-0.2, -0.15) is 0 Å². The van der Waals surface area contributed by atoms with Crippen molar-refractivity contribution in [2.75, 3.05) is 39.3 Å². The van der Waals surface area contributed by atoms with Crippen molar-refractivity contribution < 1.29 is 9.59 Å². The number of hydrogen-bond donors (Lipinski definition) is 0. The van der Waals surface area contributed by atoms with E-state index in [2.05, 4.69) is 9.80 Å². The van der Waals surface area contributed by atoms with Gasteiger partial charge < -0.3 is 0 Å². The van der Waals surface area contributed by atoms with Gasteiger partial charge in [0.05, 0.1) is 11.1 Å². The Balaban J connectivity index is 1.27. The highest BCUT2D eigenvalue weighted by atomic mass is 16.2. The third-order valence-electron chi connectivity index (χ3n) is 6.02. The van der Waals surface area contributed by atoms with Crippen molar-refractivity contribution in [3.05, 3.63) is 35.4 Å². The van der Waals surface area contributed by atoms with Crippen molar-refractivity contribution >= 4 is 11.8 Å². The van der Waals surface area contributed by atoms with Gasteiger partial charge in [-0.05, 0) is 25.0 Å². The second kappa shape index (κ2) is 7.26. The maximum absolute atomic E-state index is 12.4. The molecule has 1 saturated carbocycles. The summed E-state index contributed by atoms with van der Waals surface area (Å²) in [5.74, 6) is -0.275. The SMILES string of the molecule is O=C1c2ccccc2C(=O)N1CCN1CCN(C2CCCCC2)CC1. The zero-order chi connectivity index (χ0) is 17.2. The summed E-state index contributed by atoms with van der Waals surface area (Å²) in [6.45, 7) is 5.60. The lowest BCUT2D eigenvalue weighted by molar-refractivity contribution is 0.0568. The van der Waals surface area contributed by atoms with Gasteiger partial charge in [0.25, 0.3) is 11.8 Å². The van der Waals surface area contributed by atoms with E-state index < -0.39 is 0 Å². The summed E-state index contributed by atoms with van der Waals surface area (Å²) in [7, 11) is 0. The molecule has 0 atom stereocenters. The zero-order valence-corrected chi connectivity index (χ0v) is 14.8. The third-order valence-corrected chi connectivity index (χ3v) is 6.02. The summed E-state index contributed by atoms with van der Waals surface area (Å²) >= 11 is 0. The molecule has 1 aromatic carbocycles. The van der Waals surface area contributed by atoms with Crippen LogP contribution in [0, 0.1) is 0 Å². The van der Waals surface area contributed by atoms with Gasteiger partial charge in [-0.1, -0.05) is 31.4 Å². The molecule has 1 aliphatic carbocycles. The van der Waals surface area contributed by atoms with Crippen molar-refractivity contribution in [1.82, 2.24) is 14.7 Å². The fourth-order valence-corrected chi connectivity index (χ4v) is 4.48. The highest BCUT2D eigenvalue weighted by molar-refractivity contribution is 6.21. The molecule has 134 valence electrons. The number of carbonyl (C=O) groups is 2. The summed E-state index contributed by atoms with van der Waals surface area (Å²) in [5.41, 5.74) is 1.10. The quantitative estimate of drug-likeness (QED) is 0.788. The average Bonchev–Trinajstić information content (AvgIpc) is 2.92. The summed E-state index contributed by atoms with van der Waals surface area (Å²) < 4.78 is 0. The maximum atomic E-state index is 12.4. The molecule has 5 nitrogen and oxygen atoms in total. The second-order valence-electron chi connectivity index (χ2n) is 7.48. The van der Waals surface area contributed by atoms with E-state index in [9.17, 15) is 9.59 Å². The van der Waals surface area contributed by atoms with Crippen LogP contribution < -0.4 is 0 Å². The Bertz CT molecular complexity index is 611. The molecule has 4 rings (SSSR count). The lowest BCUT2D eigenvalue weighted by Crippen LogP contribution is -2.52. The van der Waals surface area contributed by atoms with E-state index in [4.69, 9.17) is 0 Å². The highest BCUT2D eigenvalue weighted by Crippen LogP contribution is 2.24. The van der Waals surface area contributed by atoms with Crippen molar-refractivity contribution in [1.29, 1.82) is 0 Å². The largest absolute Gasteiger partial charge is 0.299 e. The van der Waals surface area contributed by atoms with E-state index in [1.807, 2.05) is 12.1 Å². The number of piperazine rings is 1. The first-order chi connectivity index (χ1) is 12.2. The topological polar surface area (TPSA) is 43.9 Å². The fraction of sp³-hybridized carbons (Fsp3) is 0.600. The van der Waals surface area contributed by atoms with Crippen LogP contribution >= 0.6 is 0 Å². The molecule has 1 aromatic rings. The predicted molar refractivity (Wildman–Crippen MR) is 96.7 cm³/mol. The van der Waals surface area contributed by atoms with Gasteiger partial charge in [0, 0.05) is 45.3 Å². The Morgan fingerprint density at radius 3 is 2.00 bits per heavy atom. The van der Waals surface area contributed by atoms with E-state index in [1.165, 1.54) is 37.0 Å². The molecule has 2 aliphatic heterocycles. The highest BCUT2D eigenvalue weighted by Gasteiger charge is 2.35. The molecular weight excluding hydrogens is 314 g/mol. The number of imide groups is 1. The first-order valence-corrected chi connectivity index (χ1v) is 9.65. The number of carbonyl (C=O) groups excluding carboxylic acids is 2. The molecule has 2 heterocycles. The first-order valence-electron chi connectivity index (χ1n) is 9.65. The molecule has 2 fully saturated rings. The Morgan fingerprint density at radius 2 is 1.40 bits per heavy atom. The van der Waals surface area contributed by atoms with Crippen molar-refractivity contribution in [3.63, 3.8) is 0 Å². The monoisotopic (exact) mass is 341 g/mol. The molecule has 1 saturated heterocycles. The van der Waals surface area contributed by atoms with Crippen LogP contribution in [0.1, 0.15) is 52.8 Å². The van der Waals surface area contributed by atoms with Crippen LogP contribution in [-0.4, -0.2) is 71.8 Å². The van der Waals surface area contributed by atoms with Crippen molar-refractivity contribution in [3.8, 4) is 0 Å². The Morgan fingerprint density at radius 1 is 0.800 bits per heavy atom. The van der Waals surface area contributed by atoms with E-state index >= 15 is 0 Å². The molecule has 2 amide bonds. The lowest BCUT2D eigenvalue weighted by atomic mass is 9.94. The van der Waals surface area contributed by atoms with E-state index in [0.29, 0.717) is 17.7 Å². The minimum Gasteiger partial charge on any atom is -0.299 e. The van der Waals surface area contributed by atoms with Crippen molar-refractivity contribution in [2.24, 2.45) is 0 Å². The number of amides is 2. The van der Waals surface area contributed by atoms with Gasteiger partial charge in [-0.3, -0.25) is 24.3 Å². The van der Waals surface area contributed by atoms with Gasteiger partial charge in [-0.15, -0.1) is 0 Å². The molecule has 25 heavy (non-hydrogen) atoms. The van der Waals surface area contributed by atoms with E-state index in [0.717, 1.165) is 38.8 Å². The molecular formula is C20H27N3O2. The number of benzene rings is 1. The van der Waals surface area contributed by atoms with Gasteiger partial charge in [-0.25, -0.2) is 0 Å². The lowest BCUT2D eigenvalue weighted by Gasteiger charge is -2.41. The maximum Gasteiger partial charge on any atom is 0.261 e. The fourth-order valence-electron chi connectivity index (χ4n) is 4.48. The number of nitrogens with zero attached hydrogens (tertiary/aromatic N) is 3. The van der Waals surface area contributed by atoms with Crippen LogP contribution in [0.5, 0.6) is 0 Å². The van der Waals surface area contributed by atoms with Gasteiger partial charge in [0.15, 0.2) is 0 Å². The minimum absolute atomic E-state index is 0.138. The number of hydrogen-bond acceptors (Lipinski definition) is 4. The van der Waals surface area contributed by atoms with Crippen LogP contribution in [0.4, 0.5) is 0 Å². The molecule has 0 aromatic heterocycles. The van der Waals surface area contributed by atoms with Crippen LogP contribution in [0.25, 0.3) is 0 Å². The summed E-state index contributed by atoms with van der Waals surface area (Å²) in [4.78, 5) is 31.3. The molecule has 0 bridgehead atoms. The molecule has 0 radical (unpaired) electrons. The van der Waals surface area contributed by atoms with Gasteiger partial charge in [0.2, 0.25) is 0 Å². The molecule has 0 spiro atoms. The number of fused-ring (bicyclic) bond motifs is 1. The number of rotatable bonds is 4. The summed E-state index contributed by atoms with van der Waals surface area (Å²) in [6, 6.07) is 7.92. The normalized spacial score (nSPS) is 23.3. The Kier molecular flexibility index (Phi) is 4.86. The summed E-state index contributed by atoms with van der Waals surface area (Å²) in [5, 5.41) is 0. The molecule has 0 N–H and O–H groups in total. The predicted octanol–water partition coefficient (Wildman–Crippen LogP) is 2.23. The minimum atomic E-state index is -0.138.